The zero-order valence-electron chi connectivity index (χ0n) is 18.0. The first-order valence-corrected chi connectivity index (χ1v) is 12.1. The number of ether oxygens (including phenoxy) is 2. The summed E-state index contributed by atoms with van der Waals surface area (Å²) in [7, 11) is 0. The Kier molecular flexibility index (Phi) is 3.54. The average Bonchev–Trinajstić information content (AvgIpc) is 3.44. The second kappa shape index (κ2) is 6.62. The Morgan fingerprint density at radius 2 is 1.26 bits per heavy atom. The van der Waals surface area contributed by atoms with Crippen molar-refractivity contribution in [2.75, 3.05) is 0 Å². The summed E-state index contributed by atoms with van der Waals surface area (Å²) < 4.78 is 17.7. The van der Waals surface area contributed by atoms with Crippen molar-refractivity contribution < 1.29 is 9.47 Å². The predicted molar refractivity (Wildman–Crippen MR) is 140 cm³/mol. The molecule has 3 heterocycles. The Bertz CT molecular complexity index is 1930. The topological polar surface area (TPSA) is 23.4 Å². The molecule has 5 aromatic carbocycles. The monoisotopic (exact) mass is 455 g/mol. The fourth-order valence-corrected chi connectivity index (χ4v) is 6.40. The number of fused-ring (bicyclic) bond motifs is 9. The zero-order valence-corrected chi connectivity index (χ0v) is 18.8. The number of benzene rings is 5. The molecule has 0 saturated carbocycles. The summed E-state index contributed by atoms with van der Waals surface area (Å²) in [5.74, 6) is 2.97. The number of para-hydroxylation sites is 3. The molecule has 8 rings (SSSR count). The van der Waals surface area contributed by atoms with Crippen LogP contribution in [0.15, 0.2) is 103 Å². The molecule has 0 saturated heterocycles. The first kappa shape index (κ1) is 18.2. The number of rotatable bonds is 1. The van der Waals surface area contributed by atoms with E-state index in [2.05, 4.69) is 77.4 Å². The van der Waals surface area contributed by atoms with Gasteiger partial charge in [-0.2, -0.15) is 0 Å². The molecule has 0 spiro atoms. The molecule has 0 radical (unpaired) electrons. The van der Waals surface area contributed by atoms with Gasteiger partial charge in [0.15, 0.2) is 23.0 Å². The largest absolute Gasteiger partial charge is 0.449 e. The standard InChI is InChI=1S/C30H17NO2S/c1-3-11-22-18(8-1)20-16-17-26-29(33-25-14-5-4-13-24(25)32-26)28(20)31(22)23-12-7-10-21-19-9-2-6-15-27(19)34-30(21)23/h1-17H. The molecule has 3 nitrogen and oxygen atoms in total. The molecule has 34 heavy (non-hydrogen) atoms. The van der Waals surface area contributed by atoms with E-state index >= 15 is 0 Å². The van der Waals surface area contributed by atoms with Crippen molar-refractivity contribution in [1.29, 1.82) is 0 Å². The Labute approximate surface area is 199 Å². The third kappa shape index (κ3) is 2.35. The highest BCUT2D eigenvalue weighted by molar-refractivity contribution is 7.26. The lowest BCUT2D eigenvalue weighted by molar-refractivity contribution is 0.362. The molecule has 0 aliphatic carbocycles. The average molecular weight is 456 g/mol. The molecule has 0 fully saturated rings. The third-order valence-corrected chi connectivity index (χ3v) is 7.87. The lowest BCUT2D eigenvalue weighted by atomic mass is 10.1. The molecule has 0 amide bonds. The highest BCUT2D eigenvalue weighted by Gasteiger charge is 2.26. The van der Waals surface area contributed by atoms with Gasteiger partial charge in [0.1, 0.15) is 5.52 Å². The van der Waals surface area contributed by atoms with Crippen LogP contribution < -0.4 is 9.47 Å². The van der Waals surface area contributed by atoms with E-state index < -0.39 is 0 Å². The van der Waals surface area contributed by atoms with E-state index in [1.54, 1.807) is 0 Å². The van der Waals surface area contributed by atoms with Crippen LogP contribution in [-0.2, 0) is 0 Å². The van der Waals surface area contributed by atoms with Gasteiger partial charge in [-0.05, 0) is 42.5 Å². The molecule has 160 valence electrons. The molecule has 7 aromatic rings. The molecule has 1 aliphatic rings. The van der Waals surface area contributed by atoms with Crippen molar-refractivity contribution in [3.8, 4) is 28.7 Å². The van der Waals surface area contributed by atoms with Crippen LogP contribution in [0.3, 0.4) is 0 Å². The van der Waals surface area contributed by atoms with Crippen molar-refractivity contribution in [1.82, 2.24) is 4.57 Å². The second-order valence-electron chi connectivity index (χ2n) is 8.54. The van der Waals surface area contributed by atoms with Gasteiger partial charge in [-0.3, -0.25) is 0 Å². The Morgan fingerprint density at radius 3 is 2.18 bits per heavy atom. The number of nitrogens with zero attached hydrogens (tertiary/aromatic N) is 1. The summed E-state index contributed by atoms with van der Waals surface area (Å²) in [6.45, 7) is 0. The van der Waals surface area contributed by atoms with E-state index in [0.29, 0.717) is 0 Å². The van der Waals surface area contributed by atoms with E-state index in [1.807, 2.05) is 41.7 Å². The van der Waals surface area contributed by atoms with Gasteiger partial charge in [-0.15, -0.1) is 11.3 Å². The number of hydrogen-bond acceptors (Lipinski definition) is 3. The highest BCUT2D eigenvalue weighted by Crippen LogP contribution is 2.51. The van der Waals surface area contributed by atoms with Gasteiger partial charge in [0.25, 0.3) is 0 Å². The molecular formula is C30H17NO2S. The van der Waals surface area contributed by atoms with Crippen molar-refractivity contribution >= 4 is 53.3 Å². The minimum atomic E-state index is 0.735. The summed E-state index contributed by atoms with van der Waals surface area (Å²) in [6, 6.07) is 35.8. The van der Waals surface area contributed by atoms with Crippen molar-refractivity contribution in [2.24, 2.45) is 0 Å². The summed E-state index contributed by atoms with van der Waals surface area (Å²) in [5, 5.41) is 4.91. The molecule has 0 unspecified atom stereocenters. The quantitative estimate of drug-likeness (QED) is 0.246. The lowest BCUT2D eigenvalue weighted by Gasteiger charge is -2.22. The minimum Gasteiger partial charge on any atom is -0.449 e. The van der Waals surface area contributed by atoms with Crippen LogP contribution in [0.1, 0.15) is 0 Å². The lowest BCUT2D eigenvalue weighted by Crippen LogP contribution is -2.02. The normalized spacial score (nSPS) is 12.6. The van der Waals surface area contributed by atoms with Gasteiger partial charge >= 0.3 is 0 Å². The van der Waals surface area contributed by atoms with Crippen LogP contribution in [0.2, 0.25) is 0 Å². The van der Waals surface area contributed by atoms with Crippen molar-refractivity contribution in [3.05, 3.63) is 103 Å². The third-order valence-electron chi connectivity index (χ3n) is 6.66. The maximum atomic E-state index is 6.51. The van der Waals surface area contributed by atoms with Gasteiger partial charge in [0.2, 0.25) is 0 Å². The van der Waals surface area contributed by atoms with Crippen LogP contribution in [0, 0.1) is 0 Å². The van der Waals surface area contributed by atoms with Gasteiger partial charge in [-0.25, -0.2) is 0 Å². The Hall–Kier alpha value is -4.28. The summed E-state index contributed by atoms with van der Waals surface area (Å²) in [6.07, 6.45) is 0. The zero-order chi connectivity index (χ0) is 22.2. The first-order chi connectivity index (χ1) is 16.9. The van der Waals surface area contributed by atoms with Crippen LogP contribution in [0.5, 0.6) is 23.0 Å². The second-order valence-corrected chi connectivity index (χ2v) is 9.60. The van der Waals surface area contributed by atoms with E-state index in [9.17, 15) is 0 Å². The van der Waals surface area contributed by atoms with Gasteiger partial charge < -0.3 is 14.0 Å². The number of hydrogen-bond donors (Lipinski definition) is 0. The smallest absolute Gasteiger partial charge is 0.194 e. The van der Waals surface area contributed by atoms with Gasteiger partial charge in [-0.1, -0.05) is 60.7 Å². The van der Waals surface area contributed by atoms with Crippen LogP contribution >= 0.6 is 11.3 Å². The van der Waals surface area contributed by atoms with E-state index in [4.69, 9.17) is 9.47 Å². The number of aromatic nitrogens is 1. The highest BCUT2D eigenvalue weighted by atomic mass is 32.1. The molecule has 0 bridgehead atoms. The summed E-state index contributed by atoms with van der Waals surface area (Å²) >= 11 is 1.84. The van der Waals surface area contributed by atoms with Crippen LogP contribution in [0.4, 0.5) is 0 Å². The van der Waals surface area contributed by atoms with Crippen LogP contribution in [0.25, 0.3) is 47.7 Å². The molecule has 0 atom stereocenters. The Balaban J connectivity index is 1.53. The van der Waals surface area contributed by atoms with E-state index in [-0.39, 0.29) is 0 Å². The maximum absolute atomic E-state index is 6.51. The molecule has 1 aliphatic heterocycles. The summed E-state index contributed by atoms with van der Waals surface area (Å²) in [5.41, 5.74) is 3.33. The van der Waals surface area contributed by atoms with E-state index in [0.717, 1.165) is 45.1 Å². The first-order valence-electron chi connectivity index (χ1n) is 11.3. The van der Waals surface area contributed by atoms with Crippen LogP contribution in [-0.4, -0.2) is 4.57 Å². The van der Waals surface area contributed by atoms with E-state index in [1.165, 1.54) is 25.6 Å². The molecular weight excluding hydrogens is 438 g/mol. The predicted octanol–water partition coefficient (Wildman–Crippen LogP) is 9.05. The fourth-order valence-electron chi connectivity index (χ4n) is 5.19. The van der Waals surface area contributed by atoms with Gasteiger partial charge in [0.05, 0.1) is 15.9 Å². The minimum absolute atomic E-state index is 0.735. The fraction of sp³-hybridized carbons (Fsp3) is 0. The summed E-state index contributed by atoms with van der Waals surface area (Å²) in [4.78, 5) is 0. The SMILES string of the molecule is c1ccc2c(c1)Oc1ccc3c4ccccc4n(-c4cccc5c4sc4ccccc45)c3c1O2. The van der Waals surface area contributed by atoms with Gasteiger partial charge in [0, 0.05) is 26.2 Å². The van der Waals surface area contributed by atoms with Crippen molar-refractivity contribution in [3.63, 3.8) is 0 Å². The molecule has 0 N–H and O–H groups in total. The number of thiophene rings is 1. The molecule has 4 heteroatoms. The van der Waals surface area contributed by atoms with Crippen molar-refractivity contribution in [2.45, 2.75) is 0 Å². The Morgan fingerprint density at radius 1 is 0.529 bits per heavy atom. The molecule has 2 aromatic heterocycles. The maximum Gasteiger partial charge on any atom is 0.194 e.